The summed E-state index contributed by atoms with van der Waals surface area (Å²) in [4.78, 5) is 27.2. The number of hydrogen-bond donors (Lipinski definition) is 4. The Kier molecular flexibility index (Phi) is 21.3. The van der Waals surface area contributed by atoms with Crippen molar-refractivity contribution >= 4 is 11.8 Å². The molecular weight excluding hydrogens is 589 g/mol. The molecular formula is C39H64FN5O2. The molecule has 264 valence electrons. The SMILES string of the molecule is CCC.CCC=C1CN[C@@H](C)CCc2c(F)cccc2CCCNC(=O)C(CN(C)C)NC(=O)CN1.CCCc1ccc(C)cc1C. The third-order valence-electron chi connectivity index (χ3n) is 7.75. The summed E-state index contributed by atoms with van der Waals surface area (Å²) in [5.74, 6) is -0.602. The fourth-order valence-electron chi connectivity index (χ4n) is 5.33. The molecule has 47 heavy (non-hydrogen) atoms. The first-order valence-electron chi connectivity index (χ1n) is 17.7. The second kappa shape index (κ2) is 24.0. The minimum atomic E-state index is -0.644. The lowest BCUT2D eigenvalue weighted by Crippen LogP contribution is -2.53. The minimum Gasteiger partial charge on any atom is -0.379 e. The van der Waals surface area contributed by atoms with Gasteiger partial charge in [-0.25, -0.2) is 4.39 Å². The second-order valence-corrected chi connectivity index (χ2v) is 12.9. The molecule has 0 saturated heterocycles. The maximum atomic E-state index is 14.6. The quantitative estimate of drug-likeness (QED) is 0.300. The van der Waals surface area contributed by atoms with Crippen molar-refractivity contribution in [2.45, 2.75) is 112 Å². The van der Waals surface area contributed by atoms with Crippen molar-refractivity contribution in [2.24, 2.45) is 0 Å². The molecule has 3 rings (SSSR count). The molecule has 2 aromatic rings. The number of amides is 2. The van der Waals surface area contributed by atoms with Crippen molar-refractivity contribution in [1.29, 1.82) is 0 Å². The number of halogens is 1. The molecule has 2 aromatic carbocycles. The van der Waals surface area contributed by atoms with Crippen LogP contribution in [-0.4, -0.2) is 69.1 Å². The van der Waals surface area contributed by atoms with Crippen LogP contribution in [0.1, 0.15) is 94.5 Å². The molecule has 1 unspecified atom stereocenters. The summed E-state index contributed by atoms with van der Waals surface area (Å²) in [6.45, 7) is 16.5. The molecule has 0 saturated carbocycles. The molecule has 0 radical (unpaired) electrons. The Hall–Kier alpha value is -3.23. The van der Waals surface area contributed by atoms with E-state index in [2.05, 4.69) is 81.0 Å². The fraction of sp³-hybridized carbons (Fsp3) is 0.590. The van der Waals surface area contributed by atoms with Gasteiger partial charge in [-0.1, -0.05) is 82.5 Å². The van der Waals surface area contributed by atoms with E-state index in [-0.39, 0.29) is 30.2 Å². The molecule has 0 fully saturated rings. The number of fused-ring (bicyclic) bond motifs is 1. The number of carbonyl (C=O) groups excluding carboxylic acids is 2. The fourth-order valence-corrected chi connectivity index (χ4v) is 5.33. The van der Waals surface area contributed by atoms with Gasteiger partial charge in [0, 0.05) is 31.4 Å². The summed E-state index contributed by atoms with van der Waals surface area (Å²) in [5, 5.41) is 12.4. The van der Waals surface area contributed by atoms with Gasteiger partial charge in [0.15, 0.2) is 0 Å². The molecule has 0 bridgehead atoms. The van der Waals surface area contributed by atoms with E-state index in [4.69, 9.17) is 0 Å². The Bertz CT molecular complexity index is 1230. The van der Waals surface area contributed by atoms with Crippen molar-refractivity contribution in [2.75, 3.05) is 40.3 Å². The lowest BCUT2D eigenvalue weighted by molar-refractivity contribution is -0.128. The van der Waals surface area contributed by atoms with Crippen molar-refractivity contribution in [3.8, 4) is 0 Å². The third kappa shape index (κ3) is 17.5. The van der Waals surface area contributed by atoms with Gasteiger partial charge >= 0.3 is 0 Å². The van der Waals surface area contributed by atoms with Crippen LogP contribution in [-0.2, 0) is 28.9 Å². The predicted octanol–water partition coefficient (Wildman–Crippen LogP) is 6.40. The average molecular weight is 654 g/mol. The zero-order valence-corrected chi connectivity index (χ0v) is 30.8. The van der Waals surface area contributed by atoms with Gasteiger partial charge in [0.2, 0.25) is 11.8 Å². The van der Waals surface area contributed by atoms with E-state index in [0.29, 0.717) is 38.9 Å². The van der Waals surface area contributed by atoms with Gasteiger partial charge in [-0.2, -0.15) is 0 Å². The largest absolute Gasteiger partial charge is 0.379 e. The number of aryl methyl sites for hydroxylation is 4. The first-order chi connectivity index (χ1) is 22.4. The average Bonchev–Trinajstić information content (AvgIpc) is 3.01. The van der Waals surface area contributed by atoms with E-state index in [1.807, 2.05) is 38.1 Å². The van der Waals surface area contributed by atoms with Crippen LogP contribution in [0.3, 0.4) is 0 Å². The Labute approximate surface area is 285 Å². The van der Waals surface area contributed by atoms with Gasteiger partial charge in [-0.3, -0.25) is 9.59 Å². The highest BCUT2D eigenvalue weighted by molar-refractivity contribution is 5.88. The number of nitrogens with one attached hydrogen (secondary N) is 4. The standard InChI is InChI=1S/C25H40FN5O2.C11H16.C3H8/c1-5-8-20-15-28-18(2)12-13-21-19(9-6-11-22(21)26)10-7-14-27-25(33)23(17-31(3)4)30-24(32)16-29-20;1-4-5-11-7-6-9(2)8-10(11)3;1-3-2/h6,8-9,11,18,23,28-29H,5,7,10,12-17H2,1-4H3,(H,27,33)(H,30,32);6-8H,4-5H2,1-3H3;3H2,1-2H3/t18-,23?;;/m0../s1. The normalized spacial score (nSPS) is 19.0. The molecule has 1 aliphatic rings. The van der Waals surface area contributed by atoms with Crippen LogP contribution in [0.15, 0.2) is 48.2 Å². The predicted molar refractivity (Wildman–Crippen MR) is 196 cm³/mol. The summed E-state index contributed by atoms with van der Waals surface area (Å²) >= 11 is 0. The molecule has 0 aliphatic carbocycles. The lowest BCUT2D eigenvalue weighted by atomic mass is 9.97. The van der Waals surface area contributed by atoms with Gasteiger partial charge in [0.05, 0.1) is 6.54 Å². The summed E-state index contributed by atoms with van der Waals surface area (Å²) < 4.78 is 14.6. The van der Waals surface area contributed by atoms with Crippen LogP contribution in [0.2, 0.25) is 0 Å². The Morgan fingerprint density at radius 2 is 1.70 bits per heavy atom. The van der Waals surface area contributed by atoms with Crippen LogP contribution in [0.5, 0.6) is 0 Å². The van der Waals surface area contributed by atoms with Crippen molar-refractivity contribution < 1.29 is 14.0 Å². The number of likely N-dealkylation sites (N-methyl/N-ethyl adjacent to an activating group) is 1. The summed E-state index contributed by atoms with van der Waals surface area (Å²) in [5.41, 5.74) is 6.98. The van der Waals surface area contributed by atoms with E-state index >= 15 is 0 Å². The van der Waals surface area contributed by atoms with Crippen molar-refractivity contribution in [3.63, 3.8) is 0 Å². The molecule has 1 aliphatic heterocycles. The zero-order valence-electron chi connectivity index (χ0n) is 30.8. The van der Waals surface area contributed by atoms with Crippen LogP contribution in [0, 0.1) is 19.7 Å². The summed E-state index contributed by atoms with van der Waals surface area (Å²) in [6, 6.07) is 11.5. The highest BCUT2D eigenvalue weighted by Gasteiger charge is 2.21. The van der Waals surface area contributed by atoms with E-state index in [9.17, 15) is 14.0 Å². The monoisotopic (exact) mass is 654 g/mol. The molecule has 0 aromatic heterocycles. The van der Waals surface area contributed by atoms with Crippen LogP contribution in [0.25, 0.3) is 0 Å². The molecule has 2 atom stereocenters. The number of carbonyl (C=O) groups is 2. The van der Waals surface area contributed by atoms with E-state index in [0.717, 1.165) is 29.7 Å². The Morgan fingerprint density at radius 3 is 2.34 bits per heavy atom. The van der Waals surface area contributed by atoms with Crippen LogP contribution < -0.4 is 21.3 Å². The molecule has 7 nitrogen and oxygen atoms in total. The van der Waals surface area contributed by atoms with Gasteiger partial charge in [0.25, 0.3) is 0 Å². The van der Waals surface area contributed by atoms with Crippen molar-refractivity contribution in [1.82, 2.24) is 26.2 Å². The highest BCUT2D eigenvalue weighted by atomic mass is 19.1. The second-order valence-electron chi connectivity index (χ2n) is 12.9. The zero-order chi connectivity index (χ0) is 35.2. The van der Waals surface area contributed by atoms with Crippen molar-refractivity contribution in [3.05, 3.63) is 81.8 Å². The number of allylic oxidation sites excluding steroid dienone is 1. The van der Waals surface area contributed by atoms with Gasteiger partial charge < -0.3 is 26.2 Å². The number of nitrogens with zero attached hydrogens (tertiary/aromatic N) is 1. The highest BCUT2D eigenvalue weighted by Crippen LogP contribution is 2.18. The molecule has 0 spiro atoms. The maximum absolute atomic E-state index is 14.6. The van der Waals surface area contributed by atoms with E-state index < -0.39 is 6.04 Å². The van der Waals surface area contributed by atoms with Crippen LogP contribution in [0.4, 0.5) is 4.39 Å². The molecule has 4 N–H and O–H groups in total. The third-order valence-corrected chi connectivity index (χ3v) is 7.75. The number of hydrogen-bond acceptors (Lipinski definition) is 5. The minimum absolute atomic E-state index is 0.0949. The lowest BCUT2D eigenvalue weighted by Gasteiger charge is -2.23. The van der Waals surface area contributed by atoms with Gasteiger partial charge in [0.1, 0.15) is 11.9 Å². The number of benzene rings is 2. The molecule has 1 heterocycles. The first-order valence-corrected chi connectivity index (χ1v) is 17.7. The van der Waals surface area contributed by atoms with Gasteiger partial charge in [-0.15, -0.1) is 0 Å². The number of rotatable bonds is 5. The summed E-state index contributed by atoms with van der Waals surface area (Å²) in [7, 11) is 3.73. The van der Waals surface area contributed by atoms with Crippen LogP contribution >= 0.6 is 0 Å². The molecule has 2 amide bonds. The molecule has 8 heteroatoms. The summed E-state index contributed by atoms with van der Waals surface area (Å²) in [6.07, 6.45) is 9.43. The topological polar surface area (TPSA) is 85.5 Å². The van der Waals surface area contributed by atoms with Gasteiger partial charge in [-0.05, 0) is 102 Å². The smallest absolute Gasteiger partial charge is 0.243 e. The Balaban J connectivity index is 0.000000653. The Morgan fingerprint density at radius 1 is 0.979 bits per heavy atom. The van der Waals surface area contributed by atoms with E-state index in [1.165, 1.54) is 42.0 Å². The van der Waals surface area contributed by atoms with E-state index in [1.54, 1.807) is 6.07 Å². The maximum Gasteiger partial charge on any atom is 0.243 e. The first kappa shape index (κ1) is 41.8.